The largest absolute Gasteiger partial charge is 0.256 e. The maximum atomic E-state index is 5.41. The topological polar surface area (TPSA) is 103 Å². The Morgan fingerprint density at radius 1 is 0.156 bits per heavy atom. The minimum absolute atomic E-state index is 0.608. The number of rotatable bonds is 8. The van der Waals surface area contributed by atoms with Crippen molar-refractivity contribution in [1.82, 2.24) is 39.9 Å². The molecule has 0 aliphatic carbocycles. The van der Waals surface area contributed by atoms with Crippen LogP contribution >= 0.6 is 0 Å². The van der Waals surface area contributed by atoms with E-state index >= 15 is 0 Å². The second-order valence-corrected chi connectivity index (χ2v) is 31.0. The van der Waals surface area contributed by atoms with Crippen LogP contribution in [0, 0.1) is 0 Å². The van der Waals surface area contributed by atoms with Crippen molar-refractivity contribution in [2.24, 2.45) is 0 Å². The number of pyridine rings is 5. The minimum Gasteiger partial charge on any atom is -0.256 e. The zero-order chi connectivity index (χ0) is 80.6. The maximum Gasteiger partial charge on any atom is 0.164 e. The van der Waals surface area contributed by atoms with Crippen molar-refractivity contribution in [2.45, 2.75) is 0 Å². The SMILES string of the molecule is c1cc(-c2ccc3ccccc3n2)cc(-c2nc3ccccc3c3c4ccccc4c4ccccc4c23)c1.c1cc(-c2cccc3cccnc23)cc(-c2nc3ccccc3c3c4ccccc4c4ccccc4c23)c1.c1ccc(-c2nc(-c3ccccc3)nc(-c3ccccc3-c3nc4ccccc4c4c5ccccc5c5ccccc5c34)n2)cc1. The molecule has 0 saturated carbocycles. The third-order valence-corrected chi connectivity index (χ3v) is 24.0. The average molecular weight is 1550 g/mol. The Bertz CT molecular complexity index is 8480. The Morgan fingerprint density at radius 3 is 0.959 bits per heavy atom. The number of aromatic nitrogens is 8. The molecule has 8 heteroatoms. The fourth-order valence-electron chi connectivity index (χ4n) is 18.5. The predicted molar refractivity (Wildman–Crippen MR) is 510 cm³/mol. The minimum atomic E-state index is 0.608. The lowest BCUT2D eigenvalue weighted by atomic mass is 9.89. The molecule has 25 aromatic rings. The van der Waals surface area contributed by atoms with Gasteiger partial charge in [-0.3, -0.25) is 4.98 Å². The molecule has 0 unspecified atom stereocenters. The standard InChI is InChI=1S/C42H26N4.2C36H22N2/c1-3-15-27(16-4-1)40-44-41(28-17-5-2-6-18-28)46-42(45-40)34-24-12-11-23-33(34)39-38-32-22-10-8-20-30(32)29-19-7-9-21-31(29)37(38)35-25-13-14-26-36(35)43-39;1-7-18-31-23(10-1)20-21-32(37-31)24-11-9-12-25(22-24)36-35-29-16-5-3-14-27(29)26-13-2-4-15-28(26)34(35)30-17-6-8-19-33(30)38-36;1-3-16-29-27(14-1)28-15-2-4-17-30(28)34-33(29)31-18-5-6-20-32(31)38-36(34)25-12-7-11-24(22-25)26-19-8-10-23-13-9-21-37-35(23)26/h1-26H;2*1-22H. The molecule has 25 rings (SSSR count). The molecular formula is C114H70N8. The summed E-state index contributed by atoms with van der Waals surface area (Å²) in [6.45, 7) is 0. The van der Waals surface area contributed by atoms with E-state index in [1.54, 1.807) is 0 Å². The van der Waals surface area contributed by atoms with Crippen LogP contribution < -0.4 is 0 Å². The van der Waals surface area contributed by atoms with Crippen LogP contribution in [0.2, 0.25) is 0 Å². The van der Waals surface area contributed by atoms with Crippen LogP contribution in [-0.2, 0) is 0 Å². The summed E-state index contributed by atoms with van der Waals surface area (Å²) in [5, 5.41) is 27.9. The molecule has 0 bridgehead atoms. The molecule has 566 valence electrons. The van der Waals surface area contributed by atoms with Crippen molar-refractivity contribution < 1.29 is 0 Å². The molecular weight excluding hydrogens is 1480 g/mol. The van der Waals surface area contributed by atoms with Crippen LogP contribution in [0.4, 0.5) is 0 Å². The van der Waals surface area contributed by atoms with E-state index in [9.17, 15) is 0 Å². The molecule has 0 saturated heterocycles. The second-order valence-electron chi connectivity index (χ2n) is 31.0. The zero-order valence-corrected chi connectivity index (χ0v) is 66.0. The second kappa shape index (κ2) is 29.9. The molecule has 0 atom stereocenters. The Morgan fingerprint density at radius 2 is 0.475 bits per heavy atom. The molecule has 0 N–H and O–H groups in total. The van der Waals surface area contributed by atoms with Gasteiger partial charge in [-0.15, -0.1) is 0 Å². The van der Waals surface area contributed by atoms with Crippen molar-refractivity contribution in [3.05, 3.63) is 425 Å². The first kappa shape index (κ1) is 70.9. The Balaban J connectivity index is 0.000000107. The number of benzene rings is 19. The van der Waals surface area contributed by atoms with Crippen molar-refractivity contribution in [3.8, 4) is 90.3 Å². The highest BCUT2D eigenvalue weighted by Crippen LogP contribution is 2.49. The summed E-state index contributed by atoms with van der Waals surface area (Å²) < 4.78 is 0. The summed E-state index contributed by atoms with van der Waals surface area (Å²) in [5.74, 6) is 1.87. The summed E-state index contributed by atoms with van der Waals surface area (Å²) >= 11 is 0. The highest BCUT2D eigenvalue weighted by molar-refractivity contribution is 6.37. The fraction of sp³-hybridized carbons (Fsp3) is 0. The lowest BCUT2D eigenvalue weighted by molar-refractivity contribution is 1.07. The van der Waals surface area contributed by atoms with E-state index in [0.717, 1.165) is 122 Å². The van der Waals surface area contributed by atoms with Gasteiger partial charge in [-0.1, -0.05) is 370 Å². The molecule has 0 spiro atoms. The van der Waals surface area contributed by atoms with Crippen LogP contribution in [0.25, 0.3) is 242 Å². The molecule has 8 nitrogen and oxygen atoms in total. The monoisotopic (exact) mass is 1550 g/mol. The maximum absolute atomic E-state index is 5.41. The van der Waals surface area contributed by atoms with Gasteiger partial charge in [0.15, 0.2) is 17.5 Å². The normalized spacial score (nSPS) is 11.6. The van der Waals surface area contributed by atoms with Gasteiger partial charge in [0.25, 0.3) is 0 Å². The first-order valence-corrected chi connectivity index (χ1v) is 41.3. The van der Waals surface area contributed by atoms with Crippen molar-refractivity contribution in [2.75, 3.05) is 0 Å². The van der Waals surface area contributed by atoms with E-state index in [2.05, 4.69) is 340 Å². The molecule has 0 radical (unpaired) electrons. The Labute approximate surface area is 701 Å². The fourth-order valence-corrected chi connectivity index (χ4v) is 18.5. The highest BCUT2D eigenvalue weighted by Gasteiger charge is 2.25. The molecule has 122 heavy (non-hydrogen) atoms. The first-order chi connectivity index (χ1) is 60.5. The van der Waals surface area contributed by atoms with Gasteiger partial charge in [0, 0.05) is 110 Å². The average Bonchev–Trinajstić information content (AvgIpc) is 0.724. The molecule has 19 aromatic carbocycles. The van der Waals surface area contributed by atoms with E-state index in [1.807, 2.05) is 85.1 Å². The third kappa shape index (κ3) is 12.2. The van der Waals surface area contributed by atoms with Gasteiger partial charge in [0.05, 0.1) is 50.4 Å². The first-order valence-electron chi connectivity index (χ1n) is 41.3. The number of para-hydroxylation sites is 5. The quantitative estimate of drug-likeness (QED) is 0.139. The van der Waals surface area contributed by atoms with Crippen LogP contribution in [0.3, 0.4) is 0 Å². The van der Waals surface area contributed by atoms with Crippen molar-refractivity contribution >= 4 is 151 Å². The highest BCUT2D eigenvalue weighted by atomic mass is 15.0. The number of hydrogen-bond donors (Lipinski definition) is 0. The van der Waals surface area contributed by atoms with E-state index in [0.29, 0.717) is 17.5 Å². The zero-order valence-electron chi connectivity index (χ0n) is 66.0. The van der Waals surface area contributed by atoms with Crippen LogP contribution in [0.5, 0.6) is 0 Å². The van der Waals surface area contributed by atoms with Gasteiger partial charge in [0.1, 0.15) is 0 Å². The summed E-state index contributed by atoms with van der Waals surface area (Å²) in [6, 6.07) is 147. The van der Waals surface area contributed by atoms with Crippen molar-refractivity contribution in [1.29, 1.82) is 0 Å². The van der Waals surface area contributed by atoms with Crippen LogP contribution in [-0.4, -0.2) is 39.9 Å². The van der Waals surface area contributed by atoms with Crippen LogP contribution in [0.15, 0.2) is 425 Å². The predicted octanol–water partition coefficient (Wildman–Crippen LogP) is 29.7. The van der Waals surface area contributed by atoms with Gasteiger partial charge in [-0.25, -0.2) is 34.9 Å². The van der Waals surface area contributed by atoms with Crippen LogP contribution in [0.1, 0.15) is 0 Å². The van der Waals surface area contributed by atoms with E-state index in [1.165, 1.54) is 102 Å². The summed E-state index contributed by atoms with van der Waals surface area (Å²) in [6.07, 6.45) is 1.87. The van der Waals surface area contributed by atoms with E-state index < -0.39 is 0 Å². The molecule has 0 fully saturated rings. The van der Waals surface area contributed by atoms with Gasteiger partial charge < -0.3 is 0 Å². The third-order valence-electron chi connectivity index (χ3n) is 24.0. The van der Waals surface area contributed by atoms with Gasteiger partial charge >= 0.3 is 0 Å². The van der Waals surface area contributed by atoms with Gasteiger partial charge in [0.2, 0.25) is 0 Å². The molecule has 0 amide bonds. The molecule has 0 aliphatic heterocycles. The molecule has 0 aliphatic rings. The van der Waals surface area contributed by atoms with Crippen molar-refractivity contribution in [3.63, 3.8) is 0 Å². The molecule has 6 heterocycles. The smallest absolute Gasteiger partial charge is 0.164 e. The molecule has 6 aromatic heterocycles. The lowest BCUT2D eigenvalue weighted by Crippen LogP contribution is -2.01. The van der Waals surface area contributed by atoms with E-state index in [-0.39, 0.29) is 0 Å². The Hall–Kier alpha value is -16.4. The summed E-state index contributed by atoms with van der Waals surface area (Å²) in [7, 11) is 0. The summed E-state index contributed by atoms with van der Waals surface area (Å²) in [5.41, 5.74) is 18.2. The Kier molecular flexibility index (Phi) is 17.4. The van der Waals surface area contributed by atoms with Gasteiger partial charge in [-0.05, 0) is 119 Å². The van der Waals surface area contributed by atoms with E-state index in [4.69, 9.17) is 39.9 Å². The summed E-state index contributed by atoms with van der Waals surface area (Å²) in [4.78, 5) is 40.8. The van der Waals surface area contributed by atoms with Gasteiger partial charge in [-0.2, -0.15) is 0 Å². The number of hydrogen-bond acceptors (Lipinski definition) is 8. The lowest BCUT2D eigenvalue weighted by Gasteiger charge is -2.18. The number of nitrogens with zero attached hydrogens (tertiary/aromatic N) is 8. The number of fused-ring (bicyclic) bond motifs is 26.